The van der Waals surface area contributed by atoms with Crippen LogP contribution < -0.4 is 0 Å². The van der Waals surface area contributed by atoms with E-state index in [1.807, 2.05) is 19.0 Å². The molecule has 0 aromatic rings. The van der Waals surface area contributed by atoms with Crippen LogP contribution in [0.2, 0.25) is 0 Å². The van der Waals surface area contributed by atoms with E-state index in [0.717, 1.165) is 12.8 Å². The van der Waals surface area contributed by atoms with Crippen LogP contribution in [0, 0.1) is 0 Å². The molecule has 0 aliphatic rings. The summed E-state index contributed by atoms with van der Waals surface area (Å²) in [6, 6.07) is 0. The van der Waals surface area contributed by atoms with E-state index < -0.39 is 5.54 Å². The second kappa shape index (κ2) is 16.3. The highest BCUT2D eigenvalue weighted by Crippen LogP contribution is 2.24. The van der Waals surface area contributed by atoms with Crippen LogP contribution in [0.4, 0.5) is 0 Å². The maximum Gasteiger partial charge on any atom is 0.157 e. The van der Waals surface area contributed by atoms with Crippen molar-refractivity contribution in [2.75, 3.05) is 14.1 Å². The second-order valence-electron chi connectivity index (χ2n) is 8.57. The highest BCUT2D eigenvalue weighted by molar-refractivity contribution is 6.09. The third-order valence-electron chi connectivity index (χ3n) is 6.07. The monoisotopic (exact) mass is 381 g/mol. The lowest BCUT2D eigenvalue weighted by molar-refractivity contribution is -0.140. The van der Waals surface area contributed by atoms with Gasteiger partial charge in [0.05, 0.1) is 0 Å². The van der Waals surface area contributed by atoms with Gasteiger partial charge in [-0.3, -0.25) is 14.5 Å². The molecule has 160 valence electrons. The van der Waals surface area contributed by atoms with E-state index in [-0.39, 0.29) is 11.6 Å². The van der Waals surface area contributed by atoms with Crippen LogP contribution in [0.3, 0.4) is 0 Å². The predicted octanol–water partition coefficient (Wildman–Crippen LogP) is 6.73. The molecule has 0 radical (unpaired) electrons. The lowest BCUT2D eigenvalue weighted by Gasteiger charge is -2.35. The molecule has 0 heterocycles. The Morgan fingerprint density at radius 1 is 0.593 bits per heavy atom. The summed E-state index contributed by atoms with van der Waals surface area (Å²) >= 11 is 0. The van der Waals surface area contributed by atoms with Crippen molar-refractivity contribution in [1.29, 1.82) is 0 Å². The Bertz CT molecular complexity index is 376. The van der Waals surface area contributed by atoms with Gasteiger partial charge in [0.1, 0.15) is 5.54 Å². The van der Waals surface area contributed by atoms with Gasteiger partial charge in [0, 0.05) is 0 Å². The van der Waals surface area contributed by atoms with E-state index >= 15 is 0 Å². The van der Waals surface area contributed by atoms with E-state index in [4.69, 9.17) is 0 Å². The molecule has 0 aliphatic heterocycles. The van der Waals surface area contributed by atoms with Crippen molar-refractivity contribution in [3.63, 3.8) is 0 Å². The van der Waals surface area contributed by atoms with E-state index in [1.54, 1.807) is 13.8 Å². The van der Waals surface area contributed by atoms with Crippen LogP contribution in [0.1, 0.15) is 124 Å². The van der Waals surface area contributed by atoms with Crippen molar-refractivity contribution < 1.29 is 9.59 Å². The molecule has 3 heteroatoms. The minimum Gasteiger partial charge on any atom is -0.297 e. The predicted molar refractivity (Wildman–Crippen MR) is 117 cm³/mol. The molecular formula is C24H47NO2. The summed E-state index contributed by atoms with van der Waals surface area (Å²) in [6.45, 7) is 5.37. The first-order valence-electron chi connectivity index (χ1n) is 11.6. The standard InChI is InChI=1S/C24H47NO2/c1-6-7-8-9-10-11-12-13-14-15-16-17-18-19-20-21-24(22(2)26,23(3)27)25(4)5/h6-21H2,1-5H3. The number of carbonyl (C=O) groups excluding carboxylic acids is 2. The van der Waals surface area contributed by atoms with Gasteiger partial charge in [0.2, 0.25) is 0 Å². The van der Waals surface area contributed by atoms with E-state index in [0.29, 0.717) is 6.42 Å². The van der Waals surface area contributed by atoms with Crippen LogP contribution in [0.15, 0.2) is 0 Å². The highest BCUT2D eigenvalue weighted by Gasteiger charge is 2.41. The molecule has 0 saturated carbocycles. The van der Waals surface area contributed by atoms with Crippen molar-refractivity contribution >= 4 is 11.6 Å². The number of carbonyl (C=O) groups is 2. The smallest absolute Gasteiger partial charge is 0.157 e. The average molecular weight is 382 g/mol. The molecule has 0 saturated heterocycles. The summed E-state index contributed by atoms with van der Waals surface area (Å²) in [7, 11) is 3.68. The zero-order valence-electron chi connectivity index (χ0n) is 19.1. The van der Waals surface area contributed by atoms with Crippen molar-refractivity contribution in [3.05, 3.63) is 0 Å². The van der Waals surface area contributed by atoms with Gasteiger partial charge >= 0.3 is 0 Å². The van der Waals surface area contributed by atoms with E-state index in [9.17, 15) is 9.59 Å². The summed E-state index contributed by atoms with van der Waals surface area (Å²) in [4.78, 5) is 25.9. The fourth-order valence-corrected chi connectivity index (χ4v) is 4.21. The lowest BCUT2D eigenvalue weighted by Crippen LogP contribution is -2.55. The Kier molecular flexibility index (Phi) is 15.9. The van der Waals surface area contributed by atoms with Gasteiger partial charge in [-0.25, -0.2) is 0 Å². The summed E-state index contributed by atoms with van der Waals surface area (Å²) in [5.41, 5.74) is -0.906. The van der Waals surface area contributed by atoms with Crippen LogP contribution in [0.5, 0.6) is 0 Å². The van der Waals surface area contributed by atoms with Gasteiger partial charge in [-0.05, 0) is 34.4 Å². The van der Waals surface area contributed by atoms with Crippen molar-refractivity contribution in [2.24, 2.45) is 0 Å². The van der Waals surface area contributed by atoms with Gasteiger partial charge in [-0.1, -0.05) is 103 Å². The zero-order valence-corrected chi connectivity index (χ0v) is 19.1. The number of unbranched alkanes of at least 4 members (excludes halogenated alkanes) is 14. The maximum atomic E-state index is 12.1. The molecule has 0 unspecified atom stereocenters. The van der Waals surface area contributed by atoms with Crippen molar-refractivity contribution in [3.8, 4) is 0 Å². The summed E-state index contributed by atoms with van der Waals surface area (Å²) in [5.74, 6) is -0.0456. The number of nitrogens with zero attached hydrogens (tertiary/aromatic N) is 1. The Morgan fingerprint density at radius 2 is 0.889 bits per heavy atom. The second-order valence-corrected chi connectivity index (χ2v) is 8.57. The molecule has 0 bridgehead atoms. The topological polar surface area (TPSA) is 37.4 Å². The third kappa shape index (κ3) is 11.0. The molecule has 0 aliphatic carbocycles. The molecule has 0 spiro atoms. The number of rotatable bonds is 19. The van der Waals surface area contributed by atoms with Gasteiger partial charge in [0.15, 0.2) is 11.6 Å². The fraction of sp³-hybridized carbons (Fsp3) is 0.917. The minimum atomic E-state index is -0.906. The van der Waals surface area contributed by atoms with E-state index in [1.165, 1.54) is 83.5 Å². The molecule has 0 amide bonds. The minimum absolute atomic E-state index is 0.0228. The molecule has 27 heavy (non-hydrogen) atoms. The van der Waals surface area contributed by atoms with Crippen LogP contribution in [-0.4, -0.2) is 36.1 Å². The van der Waals surface area contributed by atoms with Gasteiger partial charge in [-0.15, -0.1) is 0 Å². The molecule has 0 atom stereocenters. The molecule has 3 nitrogen and oxygen atoms in total. The number of hydrogen-bond donors (Lipinski definition) is 0. The Hall–Kier alpha value is -0.700. The molecule has 0 rings (SSSR count). The maximum absolute atomic E-state index is 12.1. The lowest BCUT2D eigenvalue weighted by atomic mass is 9.83. The summed E-state index contributed by atoms with van der Waals surface area (Å²) in [6.07, 6.45) is 20.5. The third-order valence-corrected chi connectivity index (χ3v) is 6.07. The Morgan fingerprint density at radius 3 is 1.15 bits per heavy atom. The Labute approximate surface area is 169 Å². The number of Topliss-reactive ketones (excluding diaryl/α,β-unsaturated/α-hetero) is 2. The van der Waals surface area contributed by atoms with Gasteiger partial charge in [-0.2, -0.15) is 0 Å². The van der Waals surface area contributed by atoms with Crippen LogP contribution in [0.25, 0.3) is 0 Å². The number of likely N-dealkylation sites (N-methyl/N-ethyl adjacent to an activating group) is 1. The molecule has 0 aromatic heterocycles. The SMILES string of the molecule is CCCCCCCCCCCCCCCCCC(C(C)=O)(C(C)=O)N(C)C. The summed E-state index contributed by atoms with van der Waals surface area (Å²) in [5, 5.41) is 0. The molecular weight excluding hydrogens is 334 g/mol. The van der Waals surface area contributed by atoms with Gasteiger partial charge in [0.25, 0.3) is 0 Å². The number of hydrogen-bond acceptors (Lipinski definition) is 3. The first-order valence-corrected chi connectivity index (χ1v) is 11.6. The first-order chi connectivity index (χ1) is 12.9. The first kappa shape index (κ1) is 26.3. The number of ketones is 2. The fourth-order valence-electron chi connectivity index (χ4n) is 4.21. The molecule has 0 aromatic carbocycles. The van der Waals surface area contributed by atoms with Crippen molar-refractivity contribution in [1.82, 2.24) is 4.90 Å². The van der Waals surface area contributed by atoms with Crippen LogP contribution in [-0.2, 0) is 9.59 Å². The quantitative estimate of drug-likeness (QED) is 0.184. The molecule has 0 fully saturated rings. The zero-order chi connectivity index (χ0) is 20.5. The van der Waals surface area contributed by atoms with Gasteiger partial charge < -0.3 is 0 Å². The highest BCUT2D eigenvalue weighted by atomic mass is 16.2. The largest absolute Gasteiger partial charge is 0.297 e. The summed E-state index contributed by atoms with van der Waals surface area (Å²) < 4.78 is 0. The van der Waals surface area contributed by atoms with E-state index in [2.05, 4.69) is 6.92 Å². The van der Waals surface area contributed by atoms with Crippen molar-refractivity contribution in [2.45, 2.75) is 129 Å². The van der Waals surface area contributed by atoms with Crippen LogP contribution >= 0.6 is 0 Å². The molecule has 0 N–H and O–H groups in total. The normalized spacial score (nSPS) is 11.9. The average Bonchev–Trinajstić information content (AvgIpc) is 2.60. The Balaban J connectivity index is 3.61.